The van der Waals surface area contributed by atoms with Crippen molar-refractivity contribution in [2.24, 2.45) is 5.73 Å². The van der Waals surface area contributed by atoms with Gasteiger partial charge in [-0.25, -0.2) is 12.7 Å². The highest BCUT2D eigenvalue weighted by Crippen LogP contribution is 2.37. The molecule has 1 atom stereocenters. The molecule has 0 bridgehead atoms. The van der Waals surface area contributed by atoms with Gasteiger partial charge in [-0.05, 0) is 79.5 Å². The summed E-state index contributed by atoms with van der Waals surface area (Å²) < 4.78 is 26.1. The molecule has 2 aromatic carbocycles. The smallest absolute Gasteiger partial charge is 0.300 e. The number of piperidine rings is 1. The number of carboxylic acids is 1. The van der Waals surface area contributed by atoms with E-state index in [1.54, 1.807) is 11.2 Å². The first-order valence-corrected chi connectivity index (χ1v) is 15.0. The van der Waals surface area contributed by atoms with Crippen LogP contribution in [-0.2, 0) is 21.4 Å². The third-order valence-electron chi connectivity index (χ3n) is 7.27. The van der Waals surface area contributed by atoms with E-state index in [1.807, 2.05) is 18.3 Å². The maximum Gasteiger partial charge on any atom is 0.300 e. The van der Waals surface area contributed by atoms with Crippen molar-refractivity contribution in [2.45, 2.75) is 65.5 Å². The summed E-state index contributed by atoms with van der Waals surface area (Å²) in [6.45, 7) is 8.91. The number of benzene rings is 2. The van der Waals surface area contributed by atoms with Crippen molar-refractivity contribution < 1.29 is 23.1 Å². The van der Waals surface area contributed by atoms with E-state index in [4.69, 9.17) is 15.6 Å². The van der Waals surface area contributed by atoms with Gasteiger partial charge in [-0.3, -0.25) is 9.59 Å². The Morgan fingerprint density at radius 3 is 2.41 bits per heavy atom. The summed E-state index contributed by atoms with van der Waals surface area (Å²) in [4.78, 5) is 24.6. The SMILES string of the molecule is CC(=O)O.CC[C@H](C)NCc1cccc(-c2cc(C(N)=O)c3[nH]cc(C4CCN(S(=O)(=O)CC)CC4)c3c2)c1. The van der Waals surface area contributed by atoms with Crippen molar-refractivity contribution in [2.75, 3.05) is 18.8 Å². The Kier molecular flexibility index (Phi) is 10.3. The normalized spacial score (nSPS) is 15.5. The number of aromatic nitrogens is 1. The zero-order chi connectivity index (χ0) is 28.7. The first-order chi connectivity index (χ1) is 18.5. The Balaban J connectivity index is 0.000000983. The van der Waals surface area contributed by atoms with Crippen molar-refractivity contribution in [1.29, 1.82) is 0 Å². The molecule has 3 aromatic rings. The molecule has 0 aliphatic carbocycles. The lowest BCUT2D eigenvalue weighted by Gasteiger charge is -2.31. The second-order valence-corrected chi connectivity index (χ2v) is 12.3. The number of carbonyl (C=O) groups excluding carboxylic acids is 1. The summed E-state index contributed by atoms with van der Waals surface area (Å²) in [6.07, 6.45) is 4.53. The van der Waals surface area contributed by atoms with Crippen LogP contribution in [0.25, 0.3) is 22.0 Å². The molecule has 1 saturated heterocycles. The van der Waals surface area contributed by atoms with Crippen LogP contribution in [0.2, 0.25) is 0 Å². The van der Waals surface area contributed by atoms with Crippen molar-refractivity contribution in [3.63, 3.8) is 0 Å². The molecule has 1 aliphatic rings. The van der Waals surface area contributed by atoms with Crippen LogP contribution in [0.1, 0.15) is 74.4 Å². The van der Waals surface area contributed by atoms with Gasteiger partial charge in [0.1, 0.15) is 0 Å². The molecule has 1 fully saturated rings. The van der Waals surface area contributed by atoms with E-state index in [-0.39, 0.29) is 11.7 Å². The van der Waals surface area contributed by atoms with Crippen molar-refractivity contribution in [1.82, 2.24) is 14.6 Å². The summed E-state index contributed by atoms with van der Waals surface area (Å²) in [6, 6.07) is 12.8. The van der Waals surface area contributed by atoms with Gasteiger partial charge < -0.3 is 21.1 Å². The maximum atomic E-state index is 12.4. The largest absolute Gasteiger partial charge is 0.481 e. The number of aromatic amines is 1. The Bertz CT molecular complexity index is 1400. The number of fused-ring (bicyclic) bond motifs is 1. The molecule has 2 heterocycles. The standard InChI is InChI=1S/C27H36N4O3S.C2H4O2/c1-4-18(3)29-16-19-7-6-8-21(13-19)22-14-23-25(17-30-26(23)24(15-22)27(28)32)20-9-11-31(12-10-20)35(33,34)5-2;1-2(3)4/h6-8,13-15,17-18,20,29-30H,4-5,9-12,16H2,1-3H3,(H2,28,32);1H3,(H,3,4)/t18-;/m0./s1. The van der Waals surface area contributed by atoms with Gasteiger partial charge in [0, 0.05) is 44.2 Å². The van der Waals surface area contributed by atoms with Gasteiger partial charge in [0.15, 0.2) is 0 Å². The number of hydrogen-bond donors (Lipinski definition) is 4. The maximum absolute atomic E-state index is 12.4. The molecular formula is C29H40N4O5S. The molecular weight excluding hydrogens is 516 g/mol. The summed E-state index contributed by atoms with van der Waals surface area (Å²) in [7, 11) is -3.17. The quantitative estimate of drug-likeness (QED) is 0.307. The van der Waals surface area contributed by atoms with Crippen LogP contribution in [-0.4, -0.2) is 59.6 Å². The van der Waals surface area contributed by atoms with E-state index in [0.29, 0.717) is 24.7 Å². The van der Waals surface area contributed by atoms with E-state index in [2.05, 4.69) is 48.4 Å². The van der Waals surface area contributed by atoms with Gasteiger partial charge >= 0.3 is 0 Å². The third kappa shape index (κ3) is 7.68. The molecule has 39 heavy (non-hydrogen) atoms. The molecule has 212 valence electrons. The number of aliphatic carboxylic acids is 1. The minimum absolute atomic E-state index is 0.127. The highest BCUT2D eigenvalue weighted by atomic mass is 32.2. The minimum Gasteiger partial charge on any atom is -0.481 e. The average molecular weight is 557 g/mol. The number of amides is 1. The lowest BCUT2D eigenvalue weighted by Crippen LogP contribution is -2.38. The molecule has 4 rings (SSSR count). The van der Waals surface area contributed by atoms with Gasteiger partial charge in [0.2, 0.25) is 10.0 Å². The van der Waals surface area contributed by atoms with Gasteiger partial charge in [-0.1, -0.05) is 25.1 Å². The summed E-state index contributed by atoms with van der Waals surface area (Å²) in [5.74, 6) is -0.958. The number of nitrogens with zero attached hydrogens (tertiary/aromatic N) is 1. The number of primary amides is 1. The average Bonchev–Trinajstić information content (AvgIpc) is 3.35. The zero-order valence-electron chi connectivity index (χ0n) is 23.2. The number of carbonyl (C=O) groups is 2. The van der Waals surface area contributed by atoms with Crippen molar-refractivity contribution in [3.8, 4) is 11.1 Å². The number of H-pyrrole nitrogens is 1. The predicted molar refractivity (Wildman–Crippen MR) is 155 cm³/mol. The Morgan fingerprint density at radius 1 is 1.15 bits per heavy atom. The monoisotopic (exact) mass is 556 g/mol. The molecule has 9 nitrogen and oxygen atoms in total. The van der Waals surface area contributed by atoms with Gasteiger partial charge in [-0.2, -0.15) is 0 Å². The fourth-order valence-corrected chi connectivity index (χ4v) is 6.01. The lowest BCUT2D eigenvalue weighted by atomic mass is 9.88. The fraction of sp³-hybridized carbons (Fsp3) is 0.448. The van der Waals surface area contributed by atoms with E-state index >= 15 is 0 Å². The molecule has 10 heteroatoms. The summed E-state index contributed by atoms with van der Waals surface area (Å²) in [5, 5.41) is 11.9. The van der Waals surface area contributed by atoms with Gasteiger partial charge in [0.25, 0.3) is 11.9 Å². The number of sulfonamides is 1. The topological polar surface area (TPSA) is 146 Å². The molecule has 1 amide bonds. The van der Waals surface area contributed by atoms with Gasteiger partial charge in [0.05, 0.1) is 16.8 Å². The zero-order valence-corrected chi connectivity index (χ0v) is 24.0. The number of rotatable bonds is 9. The number of carboxylic acid groups (broad SMARTS) is 1. The van der Waals surface area contributed by atoms with Crippen LogP contribution in [0, 0.1) is 0 Å². The van der Waals surface area contributed by atoms with Crippen molar-refractivity contribution >= 4 is 32.8 Å². The molecule has 1 aromatic heterocycles. The van der Waals surface area contributed by atoms with E-state index in [1.165, 1.54) is 5.56 Å². The second kappa shape index (κ2) is 13.2. The lowest BCUT2D eigenvalue weighted by molar-refractivity contribution is -0.134. The number of nitrogens with one attached hydrogen (secondary N) is 2. The third-order valence-corrected chi connectivity index (χ3v) is 9.15. The molecule has 0 spiro atoms. The Morgan fingerprint density at radius 2 is 1.82 bits per heavy atom. The van der Waals surface area contributed by atoms with E-state index < -0.39 is 21.9 Å². The molecule has 0 radical (unpaired) electrons. The summed E-state index contributed by atoms with van der Waals surface area (Å²) in [5.41, 5.74) is 11.3. The van der Waals surface area contributed by atoms with Gasteiger partial charge in [-0.15, -0.1) is 0 Å². The second-order valence-electron chi connectivity index (χ2n) is 10.0. The van der Waals surface area contributed by atoms with Crippen molar-refractivity contribution in [3.05, 3.63) is 59.3 Å². The van der Waals surface area contributed by atoms with Crippen LogP contribution in [0.5, 0.6) is 0 Å². The predicted octanol–water partition coefficient (Wildman–Crippen LogP) is 4.44. The van der Waals surface area contributed by atoms with Crippen LogP contribution < -0.4 is 11.1 Å². The molecule has 0 unspecified atom stereocenters. The molecule has 0 saturated carbocycles. The highest BCUT2D eigenvalue weighted by Gasteiger charge is 2.29. The first kappa shape index (κ1) is 30.3. The van der Waals surface area contributed by atoms with Crippen LogP contribution >= 0.6 is 0 Å². The Hall–Kier alpha value is -3.21. The van der Waals surface area contributed by atoms with Crippen LogP contribution in [0.15, 0.2) is 42.6 Å². The van der Waals surface area contributed by atoms with E-state index in [0.717, 1.165) is 60.3 Å². The Labute approximate surface area is 230 Å². The molecule has 5 N–H and O–H groups in total. The highest BCUT2D eigenvalue weighted by molar-refractivity contribution is 7.89. The minimum atomic E-state index is -3.17. The van der Waals surface area contributed by atoms with Crippen LogP contribution in [0.3, 0.4) is 0 Å². The number of nitrogens with two attached hydrogens (primary N) is 1. The van der Waals surface area contributed by atoms with E-state index in [9.17, 15) is 13.2 Å². The fourth-order valence-electron chi connectivity index (χ4n) is 4.88. The molecule has 1 aliphatic heterocycles. The first-order valence-electron chi connectivity index (χ1n) is 13.4. The van der Waals surface area contributed by atoms with Crippen LogP contribution in [0.4, 0.5) is 0 Å². The number of hydrogen-bond acceptors (Lipinski definition) is 5. The summed E-state index contributed by atoms with van der Waals surface area (Å²) >= 11 is 0.